The van der Waals surface area contributed by atoms with Crippen LogP contribution in [0.3, 0.4) is 0 Å². The average molecular weight is 484 g/mol. The van der Waals surface area contributed by atoms with E-state index in [0.717, 1.165) is 0 Å². The Morgan fingerprint density at radius 3 is 2.54 bits per heavy atom. The second kappa shape index (κ2) is 8.03. The standard InChI is InChI=1S/C25H23F3N4O3/c1-24(2,33)22-29-10-13(11-30-22)16-12-32-19(8-17(16)26)31-21-20(32)15(9-25(21,3)34)14-6-4-5-7-18(14)35-23(27)28/h4-8,10-12,15,23,33-34H,9H2,1-3H3/t15-,25-/m1/s1. The van der Waals surface area contributed by atoms with Crippen LogP contribution in [0.2, 0.25) is 0 Å². The van der Waals surface area contributed by atoms with Gasteiger partial charge in [0.15, 0.2) is 5.82 Å². The van der Waals surface area contributed by atoms with Gasteiger partial charge in [-0.3, -0.25) is 0 Å². The Morgan fingerprint density at radius 1 is 1.20 bits per heavy atom. The van der Waals surface area contributed by atoms with Crippen molar-refractivity contribution in [3.05, 3.63) is 77.5 Å². The van der Waals surface area contributed by atoms with Gasteiger partial charge in [-0.2, -0.15) is 8.78 Å². The zero-order valence-electron chi connectivity index (χ0n) is 19.2. The molecule has 35 heavy (non-hydrogen) atoms. The smallest absolute Gasteiger partial charge is 0.387 e. The van der Waals surface area contributed by atoms with E-state index in [0.29, 0.717) is 22.5 Å². The molecule has 0 amide bonds. The van der Waals surface area contributed by atoms with Crippen molar-refractivity contribution in [2.24, 2.45) is 0 Å². The molecule has 2 atom stereocenters. The Hall–Kier alpha value is -3.50. The van der Waals surface area contributed by atoms with Crippen LogP contribution in [0.25, 0.3) is 16.8 Å². The predicted octanol–water partition coefficient (Wildman–Crippen LogP) is 4.50. The second-order valence-electron chi connectivity index (χ2n) is 9.41. The highest BCUT2D eigenvalue weighted by Crippen LogP contribution is 2.49. The number of alkyl halides is 2. The lowest BCUT2D eigenvalue weighted by Crippen LogP contribution is -2.19. The molecule has 1 aliphatic rings. The van der Waals surface area contributed by atoms with Crippen LogP contribution in [0.5, 0.6) is 5.75 Å². The van der Waals surface area contributed by atoms with E-state index >= 15 is 4.39 Å². The van der Waals surface area contributed by atoms with Gasteiger partial charge < -0.3 is 19.4 Å². The quantitative estimate of drug-likeness (QED) is 0.433. The number of aliphatic hydroxyl groups is 2. The fourth-order valence-electron chi connectivity index (χ4n) is 4.63. The molecule has 2 N–H and O–H groups in total. The number of hydrogen-bond acceptors (Lipinski definition) is 6. The van der Waals surface area contributed by atoms with Gasteiger partial charge in [-0.15, -0.1) is 0 Å². The zero-order chi connectivity index (χ0) is 25.1. The Morgan fingerprint density at radius 2 is 1.89 bits per heavy atom. The van der Waals surface area contributed by atoms with Crippen molar-refractivity contribution < 1.29 is 28.1 Å². The van der Waals surface area contributed by atoms with Crippen LogP contribution in [0, 0.1) is 5.82 Å². The van der Waals surface area contributed by atoms with Crippen LogP contribution < -0.4 is 4.74 Å². The van der Waals surface area contributed by atoms with Gasteiger partial charge in [0.25, 0.3) is 0 Å². The SMILES string of the molecule is CC(C)(O)c1ncc(-c2cn3c4c(nc3cc2F)[C@](C)(O)C[C@@H]4c2ccccc2OC(F)F)cn1. The Labute approximate surface area is 198 Å². The molecular weight excluding hydrogens is 461 g/mol. The first-order valence-electron chi connectivity index (χ1n) is 11.0. The summed E-state index contributed by atoms with van der Waals surface area (Å²) >= 11 is 0. The summed E-state index contributed by atoms with van der Waals surface area (Å²) in [5.41, 5.74) is -0.411. The van der Waals surface area contributed by atoms with Gasteiger partial charge in [0.05, 0.1) is 11.4 Å². The Balaban J connectivity index is 1.67. The number of hydrogen-bond donors (Lipinski definition) is 2. The van der Waals surface area contributed by atoms with Crippen LogP contribution in [-0.4, -0.2) is 36.2 Å². The number of nitrogens with zero attached hydrogens (tertiary/aromatic N) is 4. The maximum atomic E-state index is 15.1. The first-order chi connectivity index (χ1) is 16.5. The summed E-state index contributed by atoms with van der Waals surface area (Å²) in [6, 6.07) is 7.65. The third-order valence-electron chi connectivity index (χ3n) is 6.21. The number of benzene rings is 1. The minimum atomic E-state index is -3.01. The van der Waals surface area contributed by atoms with Crippen molar-refractivity contribution in [2.75, 3.05) is 0 Å². The monoisotopic (exact) mass is 484 g/mol. The third-order valence-corrected chi connectivity index (χ3v) is 6.21. The lowest BCUT2D eigenvalue weighted by Gasteiger charge is -2.20. The summed E-state index contributed by atoms with van der Waals surface area (Å²) in [5, 5.41) is 21.2. The fourth-order valence-corrected chi connectivity index (χ4v) is 4.63. The molecule has 4 aromatic rings. The van der Waals surface area contributed by atoms with Gasteiger partial charge in [-0.25, -0.2) is 19.3 Å². The van der Waals surface area contributed by atoms with Crippen LogP contribution in [0.15, 0.2) is 48.9 Å². The normalized spacial score (nSPS) is 20.0. The minimum absolute atomic E-state index is 0.00374. The van der Waals surface area contributed by atoms with Crippen molar-refractivity contribution in [3.8, 4) is 16.9 Å². The van der Waals surface area contributed by atoms with E-state index in [1.165, 1.54) is 30.7 Å². The minimum Gasteiger partial charge on any atom is -0.435 e. The zero-order valence-corrected chi connectivity index (χ0v) is 19.2. The van der Waals surface area contributed by atoms with Crippen LogP contribution in [-0.2, 0) is 11.2 Å². The highest BCUT2D eigenvalue weighted by atomic mass is 19.3. The molecule has 0 spiro atoms. The molecule has 5 rings (SSSR count). The summed E-state index contributed by atoms with van der Waals surface area (Å²) < 4.78 is 47.6. The molecule has 0 unspecified atom stereocenters. The van der Waals surface area contributed by atoms with Gasteiger partial charge in [0.1, 0.15) is 28.4 Å². The summed E-state index contributed by atoms with van der Waals surface area (Å²) in [5.74, 6) is -0.905. The van der Waals surface area contributed by atoms with Crippen LogP contribution >= 0.6 is 0 Å². The number of fused-ring (bicyclic) bond motifs is 3. The van der Waals surface area contributed by atoms with E-state index in [1.807, 2.05) is 0 Å². The molecule has 0 radical (unpaired) electrons. The molecule has 3 heterocycles. The van der Waals surface area contributed by atoms with Gasteiger partial charge in [-0.1, -0.05) is 18.2 Å². The molecule has 3 aromatic heterocycles. The van der Waals surface area contributed by atoms with E-state index in [-0.39, 0.29) is 29.2 Å². The lowest BCUT2D eigenvalue weighted by atomic mass is 9.93. The van der Waals surface area contributed by atoms with E-state index in [4.69, 9.17) is 4.74 Å². The second-order valence-corrected chi connectivity index (χ2v) is 9.41. The van der Waals surface area contributed by atoms with Gasteiger partial charge in [0, 0.05) is 47.3 Å². The topological polar surface area (TPSA) is 92.8 Å². The van der Waals surface area contributed by atoms with E-state index in [9.17, 15) is 19.0 Å². The third kappa shape index (κ3) is 4.02. The van der Waals surface area contributed by atoms with Gasteiger partial charge >= 0.3 is 6.61 Å². The molecule has 0 fully saturated rings. The maximum Gasteiger partial charge on any atom is 0.387 e. The van der Waals surface area contributed by atoms with Crippen LogP contribution in [0.1, 0.15) is 55.9 Å². The Bertz CT molecular complexity index is 1410. The molecule has 0 saturated carbocycles. The summed E-state index contributed by atoms with van der Waals surface area (Å²) in [7, 11) is 0. The average Bonchev–Trinajstić information content (AvgIpc) is 3.27. The van der Waals surface area contributed by atoms with Crippen molar-refractivity contribution in [1.29, 1.82) is 0 Å². The van der Waals surface area contributed by atoms with Crippen molar-refractivity contribution in [1.82, 2.24) is 19.4 Å². The summed E-state index contributed by atoms with van der Waals surface area (Å²) in [4.78, 5) is 12.8. The molecule has 0 aliphatic heterocycles. The number of pyridine rings is 1. The molecular formula is C25H23F3N4O3. The molecule has 7 nitrogen and oxygen atoms in total. The van der Waals surface area contributed by atoms with E-state index in [1.54, 1.807) is 43.4 Å². The molecule has 10 heteroatoms. The summed E-state index contributed by atoms with van der Waals surface area (Å²) in [6.07, 6.45) is 4.56. The fraction of sp³-hybridized carbons (Fsp3) is 0.320. The van der Waals surface area contributed by atoms with Crippen molar-refractivity contribution in [3.63, 3.8) is 0 Å². The highest BCUT2D eigenvalue weighted by Gasteiger charge is 2.45. The van der Waals surface area contributed by atoms with Gasteiger partial charge in [0.2, 0.25) is 0 Å². The van der Waals surface area contributed by atoms with Crippen molar-refractivity contribution in [2.45, 2.75) is 50.9 Å². The molecule has 1 aliphatic carbocycles. The first kappa shape index (κ1) is 23.3. The number of aromatic nitrogens is 4. The highest BCUT2D eigenvalue weighted by molar-refractivity contribution is 5.65. The first-order valence-corrected chi connectivity index (χ1v) is 11.0. The maximum absolute atomic E-state index is 15.1. The largest absolute Gasteiger partial charge is 0.435 e. The Kier molecular flexibility index (Phi) is 5.33. The molecule has 1 aromatic carbocycles. The number of halogens is 3. The lowest BCUT2D eigenvalue weighted by molar-refractivity contribution is -0.0506. The number of ether oxygens (including phenoxy) is 1. The van der Waals surface area contributed by atoms with E-state index < -0.39 is 29.5 Å². The molecule has 182 valence electrons. The number of rotatable bonds is 5. The van der Waals surface area contributed by atoms with Crippen LogP contribution in [0.4, 0.5) is 13.2 Å². The molecule has 0 bridgehead atoms. The van der Waals surface area contributed by atoms with Gasteiger partial charge in [-0.05, 0) is 33.3 Å². The van der Waals surface area contributed by atoms with Crippen molar-refractivity contribution >= 4 is 5.65 Å². The summed E-state index contributed by atoms with van der Waals surface area (Å²) in [6.45, 7) is 1.68. The predicted molar refractivity (Wildman–Crippen MR) is 121 cm³/mol. The molecule has 0 saturated heterocycles. The van der Waals surface area contributed by atoms with E-state index in [2.05, 4.69) is 15.0 Å². The number of para-hydroxylation sites is 1. The number of imidazole rings is 1.